The highest BCUT2D eigenvalue weighted by Crippen LogP contribution is 2.55. The summed E-state index contributed by atoms with van der Waals surface area (Å²) in [6.45, 7) is 1.81. The minimum absolute atomic E-state index is 0.204. The van der Waals surface area contributed by atoms with E-state index in [1.54, 1.807) is 0 Å². The first-order valence-corrected chi connectivity index (χ1v) is 4.45. The highest BCUT2D eigenvalue weighted by molar-refractivity contribution is 5.75. The molecule has 2 rings (SSSR count). The Kier molecular flexibility index (Phi) is 1.49. The van der Waals surface area contributed by atoms with E-state index in [1.165, 1.54) is 0 Å². The summed E-state index contributed by atoms with van der Waals surface area (Å²) in [5.41, 5.74) is -0.552. The summed E-state index contributed by atoms with van der Waals surface area (Å²) < 4.78 is 0. The van der Waals surface area contributed by atoms with Crippen LogP contribution in [0.4, 0.5) is 0 Å². The van der Waals surface area contributed by atoms with Crippen molar-refractivity contribution >= 4 is 5.97 Å². The molecule has 0 aromatic carbocycles. The molecule has 3 nitrogen and oxygen atoms in total. The molecule has 0 spiro atoms. The lowest BCUT2D eigenvalue weighted by atomic mass is 9.74. The molecule has 1 unspecified atom stereocenters. The van der Waals surface area contributed by atoms with Crippen molar-refractivity contribution in [3.05, 3.63) is 0 Å². The van der Waals surface area contributed by atoms with Crippen LogP contribution in [0.1, 0.15) is 26.2 Å². The molecule has 68 valence electrons. The van der Waals surface area contributed by atoms with E-state index in [-0.39, 0.29) is 17.9 Å². The maximum Gasteiger partial charge on any atom is 0.309 e. The molecular weight excluding hydrogens is 156 g/mol. The first-order chi connectivity index (χ1) is 5.54. The Bertz CT molecular complexity index is 224. The Morgan fingerprint density at radius 3 is 2.50 bits per heavy atom. The standard InChI is InChI=1S/C9H14O3/c1-9(8(11)12)4-5-2-6(9)3-7(5)10/h5-7,10H,2-4H2,1H3,(H,11,12)/t5-,6+,7+,9?/m0/s1. The topological polar surface area (TPSA) is 57.5 Å². The molecule has 0 aromatic heterocycles. The third-order valence-corrected chi connectivity index (χ3v) is 3.73. The van der Waals surface area contributed by atoms with Gasteiger partial charge in [-0.3, -0.25) is 4.79 Å². The van der Waals surface area contributed by atoms with Gasteiger partial charge in [-0.25, -0.2) is 0 Å². The molecule has 2 N–H and O–H groups in total. The molecule has 0 heterocycles. The number of aliphatic hydroxyl groups excluding tert-OH is 1. The molecule has 0 radical (unpaired) electrons. The number of rotatable bonds is 1. The summed E-state index contributed by atoms with van der Waals surface area (Å²) in [5, 5.41) is 18.4. The van der Waals surface area contributed by atoms with Gasteiger partial charge in [0.05, 0.1) is 11.5 Å². The highest BCUT2D eigenvalue weighted by atomic mass is 16.4. The Hall–Kier alpha value is -0.570. The summed E-state index contributed by atoms with van der Waals surface area (Å²) in [6, 6.07) is 0. The fourth-order valence-electron chi connectivity index (χ4n) is 2.82. The SMILES string of the molecule is CC1(C(=O)O)C[C@@H]2C[C@@H]1C[C@H]2O. The van der Waals surface area contributed by atoms with E-state index < -0.39 is 11.4 Å². The molecule has 4 atom stereocenters. The van der Waals surface area contributed by atoms with Gasteiger partial charge < -0.3 is 10.2 Å². The second-order valence-corrected chi connectivity index (χ2v) is 4.42. The first kappa shape index (κ1) is 8.05. The van der Waals surface area contributed by atoms with Gasteiger partial charge in [0.1, 0.15) is 0 Å². The van der Waals surface area contributed by atoms with Crippen molar-refractivity contribution in [1.82, 2.24) is 0 Å². The molecular formula is C9H14O3. The predicted molar refractivity (Wildman–Crippen MR) is 42.6 cm³/mol. The lowest BCUT2D eigenvalue weighted by Gasteiger charge is -2.31. The Morgan fingerprint density at radius 2 is 2.17 bits per heavy atom. The summed E-state index contributed by atoms with van der Waals surface area (Å²) in [4.78, 5) is 10.9. The zero-order chi connectivity index (χ0) is 8.93. The van der Waals surface area contributed by atoms with Gasteiger partial charge in [0.25, 0.3) is 0 Å². The Balaban J connectivity index is 2.21. The fourth-order valence-corrected chi connectivity index (χ4v) is 2.82. The predicted octanol–water partition coefficient (Wildman–Crippen LogP) is 0.868. The van der Waals surface area contributed by atoms with Crippen LogP contribution in [0.25, 0.3) is 0 Å². The normalized spacial score (nSPS) is 51.3. The third kappa shape index (κ3) is 0.829. The Morgan fingerprint density at radius 1 is 1.50 bits per heavy atom. The number of carboxylic acids is 1. The van der Waals surface area contributed by atoms with E-state index in [0.717, 1.165) is 6.42 Å². The van der Waals surface area contributed by atoms with Gasteiger partial charge in [0.15, 0.2) is 0 Å². The smallest absolute Gasteiger partial charge is 0.309 e. The summed E-state index contributed by atoms with van der Waals surface area (Å²) in [5.74, 6) is -0.243. The second-order valence-electron chi connectivity index (χ2n) is 4.42. The average molecular weight is 170 g/mol. The van der Waals surface area contributed by atoms with Gasteiger partial charge in [0.2, 0.25) is 0 Å². The van der Waals surface area contributed by atoms with Crippen LogP contribution < -0.4 is 0 Å². The van der Waals surface area contributed by atoms with Crippen molar-refractivity contribution in [3.8, 4) is 0 Å². The van der Waals surface area contributed by atoms with Crippen molar-refractivity contribution in [1.29, 1.82) is 0 Å². The molecule has 12 heavy (non-hydrogen) atoms. The van der Waals surface area contributed by atoms with Crippen LogP contribution in [-0.2, 0) is 4.79 Å². The Labute approximate surface area is 71.4 Å². The van der Waals surface area contributed by atoms with Crippen LogP contribution in [0.15, 0.2) is 0 Å². The lowest BCUT2D eigenvalue weighted by molar-refractivity contribution is -0.152. The number of fused-ring (bicyclic) bond motifs is 2. The maximum atomic E-state index is 10.9. The van der Waals surface area contributed by atoms with Crippen molar-refractivity contribution < 1.29 is 15.0 Å². The van der Waals surface area contributed by atoms with E-state index in [1.807, 2.05) is 6.92 Å². The van der Waals surface area contributed by atoms with E-state index in [9.17, 15) is 9.90 Å². The van der Waals surface area contributed by atoms with Gasteiger partial charge in [-0.05, 0) is 38.0 Å². The lowest BCUT2D eigenvalue weighted by Crippen LogP contribution is -2.36. The van der Waals surface area contributed by atoms with Gasteiger partial charge in [-0.2, -0.15) is 0 Å². The highest BCUT2D eigenvalue weighted by Gasteiger charge is 2.56. The van der Waals surface area contributed by atoms with Crippen molar-refractivity contribution in [2.45, 2.75) is 32.3 Å². The van der Waals surface area contributed by atoms with E-state index >= 15 is 0 Å². The largest absolute Gasteiger partial charge is 0.481 e. The molecule has 3 heteroatoms. The molecule has 2 saturated carbocycles. The monoisotopic (exact) mass is 170 g/mol. The third-order valence-electron chi connectivity index (χ3n) is 3.73. The summed E-state index contributed by atoms with van der Waals surface area (Å²) in [6.07, 6.45) is 2.02. The van der Waals surface area contributed by atoms with Crippen molar-refractivity contribution in [3.63, 3.8) is 0 Å². The van der Waals surface area contributed by atoms with Crippen LogP contribution in [0.2, 0.25) is 0 Å². The number of aliphatic carboxylic acids is 1. The quantitative estimate of drug-likeness (QED) is 0.614. The molecule has 2 fully saturated rings. The van der Waals surface area contributed by atoms with E-state index in [0.29, 0.717) is 12.8 Å². The van der Waals surface area contributed by atoms with Crippen LogP contribution >= 0.6 is 0 Å². The van der Waals surface area contributed by atoms with Gasteiger partial charge in [-0.1, -0.05) is 0 Å². The van der Waals surface area contributed by atoms with Crippen LogP contribution in [0.5, 0.6) is 0 Å². The second kappa shape index (κ2) is 2.22. The minimum Gasteiger partial charge on any atom is -0.481 e. The zero-order valence-electron chi connectivity index (χ0n) is 7.16. The summed E-state index contributed by atoms with van der Waals surface area (Å²) in [7, 11) is 0. The molecule has 2 aliphatic rings. The first-order valence-electron chi connectivity index (χ1n) is 4.45. The number of carboxylic acid groups (broad SMARTS) is 1. The van der Waals surface area contributed by atoms with Crippen LogP contribution in [0.3, 0.4) is 0 Å². The van der Waals surface area contributed by atoms with Gasteiger partial charge in [-0.15, -0.1) is 0 Å². The van der Waals surface area contributed by atoms with Gasteiger partial charge >= 0.3 is 5.97 Å². The van der Waals surface area contributed by atoms with Crippen LogP contribution in [-0.4, -0.2) is 22.3 Å². The molecule has 0 saturated heterocycles. The van der Waals surface area contributed by atoms with Crippen molar-refractivity contribution in [2.75, 3.05) is 0 Å². The number of aliphatic hydroxyl groups is 1. The summed E-state index contributed by atoms with van der Waals surface area (Å²) >= 11 is 0. The average Bonchev–Trinajstić information content (AvgIpc) is 2.45. The molecule has 0 aliphatic heterocycles. The zero-order valence-corrected chi connectivity index (χ0v) is 7.16. The maximum absolute atomic E-state index is 10.9. The molecule has 0 amide bonds. The minimum atomic E-state index is -0.693. The van der Waals surface area contributed by atoms with Crippen LogP contribution in [0, 0.1) is 17.3 Å². The number of carbonyl (C=O) groups is 1. The molecule has 2 bridgehead atoms. The van der Waals surface area contributed by atoms with E-state index in [2.05, 4.69) is 0 Å². The number of hydrogen-bond donors (Lipinski definition) is 2. The van der Waals surface area contributed by atoms with Gasteiger partial charge in [0, 0.05) is 0 Å². The molecule has 0 aromatic rings. The number of hydrogen-bond acceptors (Lipinski definition) is 2. The fraction of sp³-hybridized carbons (Fsp3) is 0.889. The molecule has 2 aliphatic carbocycles. The van der Waals surface area contributed by atoms with Crippen molar-refractivity contribution in [2.24, 2.45) is 17.3 Å². The van der Waals surface area contributed by atoms with E-state index in [4.69, 9.17) is 5.11 Å².